The lowest BCUT2D eigenvalue weighted by atomic mass is 10.2. The van der Waals surface area contributed by atoms with E-state index in [-0.39, 0.29) is 22.7 Å². The van der Waals surface area contributed by atoms with E-state index in [1.807, 2.05) is 19.9 Å². The molecule has 0 aliphatic carbocycles. The number of aromatic nitrogens is 4. The van der Waals surface area contributed by atoms with E-state index >= 15 is 0 Å². The van der Waals surface area contributed by atoms with Crippen LogP contribution in [0.25, 0.3) is 11.0 Å². The molecule has 1 aromatic carbocycles. The predicted molar refractivity (Wildman–Crippen MR) is 120 cm³/mol. The molecule has 158 valence electrons. The van der Waals surface area contributed by atoms with Gasteiger partial charge < -0.3 is 5.32 Å². The number of carbonyl (C=O) groups is 1. The molecule has 0 fully saturated rings. The molecule has 2 heterocycles. The number of anilines is 1. The third kappa shape index (κ3) is 4.41. The Balaban J connectivity index is 1.94. The summed E-state index contributed by atoms with van der Waals surface area (Å²) < 4.78 is 2.35. The lowest BCUT2D eigenvalue weighted by Crippen LogP contribution is -2.38. The van der Waals surface area contributed by atoms with Crippen molar-refractivity contribution in [1.29, 1.82) is 0 Å². The van der Waals surface area contributed by atoms with Gasteiger partial charge in [0.05, 0.1) is 5.75 Å². The van der Waals surface area contributed by atoms with Crippen molar-refractivity contribution < 1.29 is 4.79 Å². The summed E-state index contributed by atoms with van der Waals surface area (Å²) in [5.41, 5.74) is 0.841. The maximum Gasteiger partial charge on any atom is 0.332 e. The normalized spacial score (nSPS) is 11.1. The van der Waals surface area contributed by atoms with Crippen LogP contribution in [0.5, 0.6) is 0 Å². The van der Waals surface area contributed by atoms with Crippen molar-refractivity contribution in [2.24, 2.45) is 14.1 Å². The smallest absolute Gasteiger partial charge is 0.325 e. The van der Waals surface area contributed by atoms with Gasteiger partial charge in [-0.2, -0.15) is 0 Å². The molecule has 10 heteroatoms. The fraction of sp³-hybridized carbons (Fsp3) is 0.350. The number of rotatable bonds is 6. The topological polar surface area (TPSA) is 98.9 Å². The van der Waals surface area contributed by atoms with E-state index in [4.69, 9.17) is 11.6 Å². The Labute approximate surface area is 182 Å². The van der Waals surface area contributed by atoms with E-state index < -0.39 is 11.2 Å². The molecule has 1 amide bonds. The van der Waals surface area contributed by atoms with Crippen LogP contribution in [0.2, 0.25) is 5.02 Å². The Morgan fingerprint density at radius 2 is 1.93 bits per heavy atom. The van der Waals surface area contributed by atoms with E-state index in [1.165, 1.54) is 11.6 Å². The zero-order chi connectivity index (χ0) is 22.0. The molecule has 0 bridgehead atoms. The summed E-state index contributed by atoms with van der Waals surface area (Å²) in [4.78, 5) is 46.4. The zero-order valence-corrected chi connectivity index (χ0v) is 18.7. The molecule has 3 rings (SSSR count). The Kier molecular flexibility index (Phi) is 6.62. The molecule has 0 spiro atoms. The first-order chi connectivity index (χ1) is 14.2. The van der Waals surface area contributed by atoms with Gasteiger partial charge in [0.1, 0.15) is 16.2 Å². The highest BCUT2D eigenvalue weighted by Gasteiger charge is 2.18. The number of nitrogens with one attached hydrogen (secondary N) is 1. The van der Waals surface area contributed by atoms with Crippen LogP contribution >= 0.6 is 23.4 Å². The number of fused-ring (bicyclic) bond motifs is 1. The summed E-state index contributed by atoms with van der Waals surface area (Å²) in [7, 11) is 2.97. The average molecular weight is 448 g/mol. The van der Waals surface area contributed by atoms with Gasteiger partial charge in [-0.15, -0.1) is 0 Å². The van der Waals surface area contributed by atoms with Gasteiger partial charge in [-0.25, -0.2) is 14.8 Å². The minimum absolute atomic E-state index is 0.0369. The second kappa shape index (κ2) is 9.01. The van der Waals surface area contributed by atoms with Crippen LogP contribution in [0.1, 0.15) is 24.7 Å². The zero-order valence-electron chi connectivity index (χ0n) is 17.2. The predicted octanol–water partition coefficient (Wildman–Crippen LogP) is 2.67. The highest BCUT2D eigenvalue weighted by molar-refractivity contribution is 8.00. The number of nitrogens with zero attached hydrogens (tertiary/aromatic N) is 4. The van der Waals surface area contributed by atoms with Crippen molar-refractivity contribution in [2.45, 2.75) is 31.7 Å². The molecule has 3 aromatic rings. The largest absolute Gasteiger partial charge is 0.332 e. The van der Waals surface area contributed by atoms with Gasteiger partial charge in [0.25, 0.3) is 5.56 Å². The minimum Gasteiger partial charge on any atom is -0.325 e. The first-order valence-corrected chi connectivity index (χ1v) is 10.7. The Morgan fingerprint density at radius 1 is 1.20 bits per heavy atom. The molecule has 8 nitrogen and oxygen atoms in total. The fourth-order valence-electron chi connectivity index (χ4n) is 2.91. The van der Waals surface area contributed by atoms with Crippen molar-refractivity contribution in [3.05, 3.63) is 55.4 Å². The molecule has 0 atom stereocenters. The summed E-state index contributed by atoms with van der Waals surface area (Å²) in [6.07, 6.45) is 1.41. The quantitative estimate of drug-likeness (QED) is 0.460. The molecule has 1 N–H and O–H groups in total. The van der Waals surface area contributed by atoms with Gasteiger partial charge in [-0.3, -0.25) is 18.7 Å². The first-order valence-electron chi connectivity index (χ1n) is 9.38. The molecule has 2 aromatic heterocycles. The number of hydrogen-bond acceptors (Lipinski definition) is 6. The monoisotopic (exact) mass is 447 g/mol. The molecule has 0 saturated carbocycles. The van der Waals surface area contributed by atoms with Gasteiger partial charge in [0.2, 0.25) is 5.91 Å². The Morgan fingerprint density at radius 3 is 2.60 bits per heavy atom. The second-order valence-electron chi connectivity index (χ2n) is 6.90. The van der Waals surface area contributed by atoms with Crippen molar-refractivity contribution in [2.75, 3.05) is 11.1 Å². The Hall–Kier alpha value is -2.65. The summed E-state index contributed by atoms with van der Waals surface area (Å²) in [5.74, 6) is 0.307. The van der Waals surface area contributed by atoms with Crippen molar-refractivity contribution in [1.82, 2.24) is 19.1 Å². The van der Waals surface area contributed by atoms with Crippen LogP contribution < -0.4 is 16.6 Å². The van der Waals surface area contributed by atoms with Crippen LogP contribution in [-0.2, 0) is 25.3 Å². The van der Waals surface area contributed by atoms with E-state index in [0.29, 0.717) is 28.0 Å². The third-order valence-corrected chi connectivity index (χ3v) is 5.96. The lowest BCUT2D eigenvalue weighted by Gasteiger charge is -2.12. The summed E-state index contributed by atoms with van der Waals surface area (Å²) in [5, 5.41) is 3.97. The molecular formula is C20H22ClN5O3S. The fourth-order valence-corrected chi connectivity index (χ4v) is 3.93. The number of benzene rings is 1. The molecule has 30 heavy (non-hydrogen) atoms. The van der Waals surface area contributed by atoms with Crippen LogP contribution in [0.15, 0.2) is 32.8 Å². The highest BCUT2D eigenvalue weighted by atomic mass is 35.5. The van der Waals surface area contributed by atoms with E-state index in [0.717, 1.165) is 28.3 Å². The molecule has 0 radical (unpaired) electrons. The van der Waals surface area contributed by atoms with Crippen LogP contribution in [0.3, 0.4) is 0 Å². The number of halogens is 1. The molecule has 0 aliphatic heterocycles. The standard InChI is InChI=1S/C20H22ClN5O3S/c1-5-6-14-23-17-16(19(28)26(4)20(29)25(17)3)18(24-14)30-10-15(27)22-12-8-7-11(2)13(21)9-12/h7-9H,5-6,10H2,1-4H3,(H,22,27). The van der Waals surface area contributed by atoms with E-state index in [9.17, 15) is 14.4 Å². The van der Waals surface area contributed by atoms with Gasteiger partial charge in [-0.05, 0) is 31.0 Å². The maximum atomic E-state index is 12.7. The molecule has 0 saturated heterocycles. The Bertz CT molecular complexity index is 1250. The molecule has 0 aliphatic rings. The average Bonchev–Trinajstić information content (AvgIpc) is 2.71. The van der Waals surface area contributed by atoms with Gasteiger partial charge in [0.15, 0.2) is 5.65 Å². The molecule has 0 unspecified atom stereocenters. The van der Waals surface area contributed by atoms with Crippen LogP contribution in [0.4, 0.5) is 5.69 Å². The van der Waals surface area contributed by atoms with Gasteiger partial charge in [0, 0.05) is 31.2 Å². The number of amides is 1. The maximum absolute atomic E-state index is 12.7. The lowest BCUT2D eigenvalue weighted by molar-refractivity contribution is -0.113. The SMILES string of the molecule is CCCc1nc(SCC(=O)Nc2ccc(C)c(Cl)c2)c2c(=O)n(C)c(=O)n(C)c2n1. The molecular weight excluding hydrogens is 426 g/mol. The first kappa shape index (κ1) is 22.0. The minimum atomic E-state index is -0.482. The number of hydrogen-bond donors (Lipinski definition) is 1. The van der Waals surface area contributed by atoms with Crippen LogP contribution in [-0.4, -0.2) is 30.8 Å². The summed E-state index contributed by atoms with van der Waals surface area (Å²) >= 11 is 7.24. The van der Waals surface area contributed by atoms with Crippen LogP contribution in [0, 0.1) is 6.92 Å². The summed E-state index contributed by atoms with van der Waals surface area (Å²) in [6.45, 7) is 3.87. The highest BCUT2D eigenvalue weighted by Crippen LogP contribution is 2.24. The van der Waals surface area contributed by atoms with E-state index in [1.54, 1.807) is 19.2 Å². The van der Waals surface area contributed by atoms with Crippen molar-refractivity contribution in [3.8, 4) is 0 Å². The summed E-state index contributed by atoms with van der Waals surface area (Å²) in [6, 6.07) is 5.28. The van der Waals surface area contributed by atoms with Crippen molar-refractivity contribution in [3.63, 3.8) is 0 Å². The van der Waals surface area contributed by atoms with Crippen molar-refractivity contribution >= 4 is 46.0 Å². The van der Waals surface area contributed by atoms with Gasteiger partial charge in [-0.1, -0.05) is 36.4 Å². The third-order valence-electron chi connectivity index (χ3n) is 4.58. The second-order valence-corrected chi connectivity index (χ2v) is 8.27. The van der Waals surface area contributed by atoms with Gasteiger partial charge >= 0.3 is 5.69 Å². The number of carbonyl (C=O) groups excluding carboxylic acids is 1. The number of aryl methyl sites for hydroxylation is 3. The van der Waals surface area contributed by atoms with E-state index in [2.05, 4.69) is 15.3 Å². The number of thioether (sulfide) groups is 1.